The first-order chi connectivity index (χ1) is 11.1. The topological polar surface area (TPSA) is 35.5 Å². The molecule has 128 valence electrons. The summed E-state index contributed by atoms with van der Waals surface area (Å²) in [6.07, 6.45) is -10.7. The molecular formula is C15H8F6O3. The van der Waals surface area contributed by atoms with Gasteiger partial charge in [0.25, 0.3) is 0 Å². The maximum Gasteiger partial charge on any atom is 0.519 e. The maximum absolute atomic E-state index is 12.5. The van der Waals surface area contributed by atoms with E-state index in [9.17, 15) is 31.1 Å². The minimum atomic E-state index is -4.63. The van der Waals surface area contributed by atoms with E-state index in [-0.39, 0.29) is 0 Å². The summed E-state index contributed by atoms with van der Waals surface area (Å²) < 4.78 is 84.3. The number of carbonyl (C=O) groups excluding carboxylic acids is 1. The van der Waals surface area contributed by atoms with Crippen molar-refractivity contribution in [2.75, 3.05) is 0 Å². The first-order valence-electron chi connectivity index (χ1n) is 6.30. The molecule has 2 aromatic rings. The summed E-state index contributed by atoms with van der Waals surface area (Å²) in [5, 5.41) is 0. The van der Waals surface area contributed by atoms with Crippen molar-refractivity contribution in [1.29, 1.82) is 0 Å². The first-order valence-corrected chi connectivity index (χ1v) is 6.30. The number of rotatable bonds is 2. The lowest BCUT2D eigenvalue weighted by atomic mass is 10.2. The first kappa shape index (κ1) is 17.6. The molecule has 9 heteroatoms. The zero-order chi connectivity index (χ0) is 18.0. The molecule has 0 aliphatic heterocycles. The molecule has 0 amide bonds. The number of hydrogen-bond acceptors (Lipinski definition) is 3. The van der Waals surface area contributed by atoms with E-state index in [2.05, 4.69) is 9.47 Å². The van der Waals surface area contributed by atoms with E-state index >= 15 is 0 Å². The van der Waals surface area contributed by atoms with E-state index in [0.29, 0.717) is 12.1 Å². The van der Waals surface area contributed by atoms with Gasteiger partial charge in [0.15, 0.2) is 0 Å². The summed E-state index contributed by atoms with van der Waals surface area (Å²) in [5.74, 6) is -0.913. The molecule has 0 radical (unpaired) electrons. The number of carbonyl (C=O) groups is 1. The minimum absolute atomic E-state index is 0.457. The molecule has 0 N–H and O–H groups in total. The predicted molar refractivity (Wildman–Crippen MR) is 69.5 cm³/mol. The molecule has 0 atom stereocenters. The van der Waals surface area contributed by atoms with Crippen LogP contribution < -0.4 is 9.47 Å². The van der Waals surface area contributed by atoms with Gasteiger partial charge in [-0.15, -0.1) is 0 Å². The largest absolute Gasteiger partial charge is 0.519 e. The molecular weight excluding hydrogens is 342 g/mol. The van der Waals surface area contributed by atoms with Crippen molar-refractivity contribution in [2.45, 2.75) is 12.4 Å². The molecule has 0 heterocycles. The molecule has 0 bridgehead atoms. The number of hydrogen-bond donors (Lipinski definition) is 0. The number of benzene rings is 2. The molecule has 2 rings (SSSR count). The number of ether oxygens (including phenoxy) is 2. The van der Waals surface area contributed by atoms with Gasteiger partial charge >= 0.3 is 18.5 Å². The Morgan fingerprint density at radius 2 is 1.08 bits per heavy atom. The number of halogens is 6. The minimum Gasteiger partial charge on any atom is -0.395 e. The standard InChI is InChI=1S/C15H8F6O3/c16-14(17,18)9-3-1-5-11(7-9)23-13(22)24-12-6-2-4-10(8-12)15(19,20)21/h1-8H. The van der Waals surface area contributed by atoms with Crippen LogP contribution in [0.1, 0.15) is 11.1 Å². The molecule has 3 nitrogen and oxygen atoms in total. The summed E-state index contributed by atoms with van der Waals surface area (Å²) in [4.78, 5) is 11.5. The van der Waals surface area contributed by atoms with Crippen LogP contribution in [0.4, 0.5) is 31.1 Å². The zero-order valence-corrected chi connectivity index (χ0v) is 11.6. The van der Waals surface area contributed by atoms with E-state index in [1.165, 1.54) is 0 Å². The highest BCUT2D eigenvalue weighted by atomic mass is 19.4. The third-order valence-corrected chi connectivity index (χ3v) is 2.73. The van der Waals surface area contributed by atoms with Crippen LogP contribution in [0.15, 0.2) is 48.5 Å². The molecule has 0 saturated carbocycles. The van der Waals surface area contributed by atoms with Crippen molar-refractivity contribution < 1.29 is 40.6 Å². The second-order valence-electron chi connectivity index (χ2n) is 4.51. The average molecular weight is 350 g/mol. The molecule has 0 saturated heterocycles. The Morgan fingerprint density at radius 3 is 1.42 bits per heavy atom. The second-order valence-corrected chi connectivity index (χ2v) is 4.51. The van der Waals surface area contributed by atoms with Crippen LogP contribution in [-0.2, 0) is 12.4 Å². The summed E-state index contributed by atoms with van der Waals surface area (Å²) in [6, 6.07) is 6.83. The third kappa shape index (κ3) is 4.64. The van der Waals surface area contributed by atoms with Crippen LogP contribution in [0.2, 0.25) is 0 Å². The highest BCUT2D eigenvalue weighted by Crippen LogP contribution is 2.32. The van der Waals surface area contributed by atoms with Gasteiger partial charge in [0.1, 0.15) is 11.5 Å². The lowest BCUT2D eigenvalue weighted by molar-refractivity contribution is -0.138. The van der Waals surface area contributed by atoms with Crippen molar-refractivity contribution in [3.8, 4) is 11.5 Å². The number of alkyl halides is 6. The average Bonchev–Trinajstić information content (AvgIpc) is 2.46. The van der Waals surface area contributed by atoms with Crippen molar-refractivity contribution in [3.63, 3.8) is 0 Å². The van der Waals surface area contributed by atoms with Gasteiger partial charge in [-0.3, -0.25) is 0 Å². The molecule has 0 spiro atoms. The lowest BCUT2D eigenvalue weighted by Crippen LogP contribution is -2.15. The van der Waals surface area contributed by atoms with Crippen LogP contribution in [-0.4, -0.2) is 6.16 Å². The predicted octanol–water partition coefficient (Wildman–Crippen LogP) is 5.30. The molecule has 2 aromatic carbocycles. The smallest absolute Gasteiger partial charge is 0.395 e. The monoisotopic (exact) mass is 350 g/mol. The lowest BCUT2D eigenvalue weighted by Gasteiger charge is -2.10. The van der Waals surface area contributed by atoms with Crippen LogP contribution >= 0.6 is 0 Å². The van der Waals surface area contributed by atoms with Crippen molar-refractivity contribution in [2.24, 2.45) is 0 Å². The van der Waals surface area contributed by atoms with Crippen molar-refractivity contribution >= 4 is 6.16 Å². The second kappa shape index (κ2) is 6.42. The molecule has 0 aliphatic rings. The summed E-state index contributed by atoms with van der Waals surface area (Å²) >= 11 is 0. The van der Waals surface area contributed by atoms with Crippen molar-refractivity contribution in [1.82, 2.24) is 0 Å². The highest BCUT2D eigenvalue weighted by Gasteiger charge is 2.32. The van der Waals surface area contributed by atoms with Gasteiger partial charge in [-0.25, -0.2) is 4.79 Å². The normalized spacial score (nSPS) is 11.9. The van der Waals surface area contributed by atoms with Gasteiger partial charge in [0.05, 0.1) is 11.1 Å². The Morgan fingerprint density at radius 1 is 0.708 bits per heavy atom. The Labute approximate surface area is 131 Å². The van der Waals surface area contributed by atoms with E-state index in [1.807, 2.05) is 0 Å². The quantitative estimate of drug-likeness (QED) is 0.419. The van der Waals surface area contributed by atoms with Gasteiger partial charge in [-0.1, -0.05) is 12.1 Å². The fourth-order valence-electron chi connectivity index (χ4n) is 1.69. The van der Waals surface area contributed by atoms with E-state index in [4.69, 9.17) is 0 Å². The molecule has 0 aromatic heterocycles. The zero-order valence-electron chi connectivity index (χ0n) is 11.6. The fourth-order valence-corrected chi connectivity index (χ4v) is 1.69. The SMILES string of the molecule is O=C(Oc1cccc(C(F)(F)F)c1)Oc1cccc(C(F)(F)F)c1. The van der Waals surface area contributed by atoms with Crippen LogP contribution in [0, 0.1) is 0 Å². The van der Waals surface area contributed by atoms with Gasteiger partial charge in [-0.05, 0) is 36.4 Å². The molecule has 0 unspecified atom stereocenters. The fraction of sp³-hybridized carbons (Fsp3) is 0.133. The van der Waals surface area contributed by atoms with E-state index in [0.717, 1.165) is 36.4 Å². The van der Waals surface area contributed by atoms with Crippen molar-refractivity contribution in [3.05, 3.63) is 59.7 Å². The summed E-state index contributed by atoms with van der Waals surface area (Å²) in [5.41, 5.74) is -2.10. The maximum atomic E-state index is 12.5. The van der Waals surface area contributed by atoms with Gasteiger partial charge in [0, 0.05) is 0 Å². The molecule has 0 fully saturated rings. The Hall–Kier alpha value is -2.71. The molecule has 0 aliphatic carbocycles. The van der Waals surface area contributed by atoms with Gasteiger partial charge < -0.3 is 9.47 Å². The van der Waals surface area contributed by atoms with E-state index < -0.39 is 41.1 Å². The molecule has 24 heavy (non-hydrogen) atoms. The Bertz CT molecular complexity index is 675. The summed E-state index contributed by atoms with van der Waals surface area (Å²) in [6.45, 7) is 0. The Kier molecular flexibility index (Phi) is 4.72. The van der Waals surface area contributed by atoms with Crippen LogP contribution in [0.5, 0.6) is 11.5 Å². The Balaban J connectivity index is 2.09. The third-order valence-electron chi connectivity index (χ3n) is 2.73. The van der Waals surface area contributed by atoms with Gasteiger partial charge in [0.2, 0.25) is 0 Å². The van der Waals surface area contributed by atoms with Gasteiger partial charge in [-0.2, -0.15) is 26.3 Å². The summed E-state index contributed by atoms with van der Waals surface area (Å²) in [7, 11) is 0. The highest BCUT2D eigenvalue weighted by molar-refractivity contribution is 5.67. The van der Waals surface area contributed by atoms with Crippen LogP contribution in [0.25, 0.3) is 0 Å². The van der Waals surface area contributed by atoms with E-state index in [1.54, 1.807) is 0 Å². The van der Waals surface area contributed by atoms with Crippen LogP contribution in [0.3, 0.4) is 0 Å².